The lowest BCUT2D eigenvalue weighted by atomic mass is 10.2. The van der Waals surface area contributed by atoms with Gasteiger partial charge in [0, 0.05) is 27.9 Å². The molecule has 3 heteroatoms. The van der Waals surface area contributed by atoms with Gasteiger partial charge < -0.3 is 5.32 Å². The molecule has 0 aliphatic heterocycles. The molecule has 20 heavy (non-hydrogen) atoms. The minimum Gasteiger partial charge on any atom is -0.310 e. The Morgan fingerprint density at radius 2 is 2.10 bits per heavy atom. The van der Waals surface area contributed by atoms with Gasteiger partial charge in [0.1, 0.15) is 5.82 Å². The van der Waals surface area contributed by atoms with E-state index in [2.05, 4.69) is 24.4 Å². The standard InChI is InChI=1S/C17H18FNS/c1-12(11-19-13-6-7-13)10-14-8-9-17(20-14)15-4-2-3-5-16(15)18/h2-5,8-10,13,19H,6-7,11H2,1H3. The molecule has 1 saturated carbocycles. The molecule has 0 radical (unpaired) electrons. The lowest BCUT2D eigenvalue weighted by molar-refractivity contribution is 0.631. The minimum atomic E-state index is -0.156. The Hall–Kier alpha value is -1.45. The number of hydrogen-bond donors (Lipinski definition) is 1. The Morgan fingerprint density at radius 1 is 1.30 bits per heavy atom. The van der Waals surface area contributed by atoms with E-state index in [9.17, 15) is 4.39 Å². The fraction of sp³-hybridized carbons (Fsp3) is 0.294. The molecule has 1 nitrogen and oxygen atoms in total. The second-order valence-electron chi connectivity index (χ2n) is 5.33. The highest BCUT2D eigenvalue weighted by molar-refractivity contribution is 7.16. The van der Waals surface area contributed by atoms with Crippen molar-refractivity contribution in [3.63, 3.8) is 0 Å². The van der Waals surface area contributed by atoms with Crippen LogP contribution < -0.4 is 5.32 Å². The zero-order valence-electron chi connectivity index (χ0n) is 11.5. The number of benzene rings is 1. The third-order valence-electron chi connectivity index (χ3n) is 3.40. The van der Waals surface area contributed by atoms with E-state index in [0.717, 1.165) is 17.5 Å². The molecule has 0 bridgehead atoms. The van der Waals surface area contributed by atoms with Crippen molar-refractivity contribution < 1.29 is 4.39 Å². The van der Waals surface area contributed by atoms with Crippen LogP contribution >= 0.6 is 11.3 Å². The molecule has 1 aromatic heterocycles. The topological polar surface area (TPSA) is 12.0 Å². The highest BCUT2D eigenvalue weighted by atomic mass is 32.1. The molecule has 0 spiro atoms. The van der Waals surface area contributed by atoms with Gasteiger partial charge in [-0.2, -0.15) is 0 Å². The quantitative estimate of drug-likeness (QED) is 0.839. The maximum absolute atomic E-state index is 13.7. The van der Waals surface area contributed by atoms with Crippen LogP contribution in [-0.2, 0) is 0 Å². The fourth-order valence-corrected chi connectivity index (χ4v) is 3.18. The molecule has 1 aromatic carbocycles. The van der Waals surface area contributed by atoms with Crippen LogP contribution in [-0.4, -0.2) is 12.6 Å². The lowest BCUT2D eigenvalue weighted by Gasteiger charge is -2.02. The van der Waals surface area contributed by atoms with Crippen LogP contribution in [0.3, 0.4) is 0 Å². The van der Waals surface area contributed by atoms with Crippen molar-refractivity contribution in [1.82, 2.24) is 5.32 Å². The third kappa shape index (κ3) is 3.35. The van der Waals surface area contributed by atoms with E-state index in [1.165, 1.54) is 29.4 Å². The van der Waals surface area contributed by atoms with Crippen LogP contribution in [0.15, 0.2) is 42.0 Å². The lowest BCUT2D eigenvalue weighted by Crippen LogP contribution is -2.18. The van der Waals surface area contributed by atoms with E-state index in [4.69, 9.17) is 0 Å². The zero-order valence-corrected chi connectivity index (χ0v) is 12.3. The Labute approximate surface area is 123 Å². The molecular formula is C17H18FNS. The van der Waals surface area contributed by atoms with Crippen molar-refractivity contribution in [2.24, 2.45) is 0 Å². The maximum atomic E-state index is 13.7. The van der Waals surface area contributed by atoms with E-state index in [1.807, 2.05) is 18.2 Å². The minimum absolute atomic E-state index is 0.156. The van der Waals surface area contributed by atoms with E-state index < -0.39 is 0 Å². The normalized spacial score (nSPS) is 15.6. The molecule has 1 aliphatic carbocycles. The number of rotatable bonds is 5. The van der Waals surface area contributed by atoms with Gasteiger partial charge in [0.15, 0.2) is 0 Å². The van der Waals surface area contributed by atoms with Gasteiger partial charge in [-0.25, -0.2) is 4.39 Å². The number of hydrogen-bond acceptors (Lipinski definition) is 2. The van der Waals surface area contributed by atoms with E-state index in [0.29, 0.717) is 5.56 Å². The van der Waals surface area contributed by atoms with E-state index in [1.54, 1.807) is 17.4 Å². The molecule has 1 fully saturated rings. The fourth-order valence-electron chi connectivity index (χ4n) is 2.12. The van der Waals surface area contributed by atoms with Gasteiger partial charge in [0.05, 0.1) is 0 Å². The highest BCUT2D eigenvalue weighted by Gasteiger charge is 2.19. The van der Waals surface area contributed by atoms with E-state index >= 15 is 0 Å². The van der Waals surface area contributed by atoms with Gasteiger partial charge >= 0.3 is 0 Å². The summed E-state index contributed by atoms with van der Waals surface area (Å²) in [6.07, 6.45) is 4.80. The maximum Gasteiger partial charge on any atom is 0.131 e. The number of thiophene rings is 1. The molecule has 0 atom stereocenters. The summed E-state index contributed by atoms with van der Waals surface area (Å²) < 4.78 is 13.7. The Balaban J connectivity index is 1.72. The largest absolute Gasteiger partial charge is 0.310 e. The molecule has 104 valence electrons. The first-order chi connectivity index (χ1) is 9.72. The SMILES string of the molecule is CC(=Cc1ccc(-c2ccccc2F)s1)CNC1CC1. The van der Waals surface area contributed by atoms with Gasteiger partial charge in [-0.15, -0.1) is 11.3 Å². The highest BCUT2D eigenvalue weighted by Crippen LogP contribution is 2.31. The third-order valence-corrected chi connectivity index (χ3v) is 4.47. The van der Waals surface area contributed by atoms with Crippen molar-refractivity contribution in [2.75, 3.05) is 6.54 Å². The molecule has 0 unspecified atom stereocenters. The zero-order chi connectivity index (χ0) is 13.9. The summed E-state index contributed by atoms with van der Waals surface area (Å²) in [6, 6.07) is 11.7. The predicted octanol–water partition coefficient (Wildman–Crippen LogP) is 4.71. The smallest absolute Gasteiger partial charge is 0.131 e. The Kier molecular flexibility index (Phi) is 3.99. The molecule has 1 N–H and O–H groups in total. The summed E-state index contributed by atoms with van der Waals surface area (Å²) in [4.78, 5) is 2.16. The first kappa shape index (κ1) is 13.5. The van der Waals surface area contributed by atoms with Crippen molar-refractivity contribution >= 4 is 17.4 Å². The molecule has 3 rings (SSSR count). The van der Waals surface area contributed by atoms with Gasteiger partial charge in [-0.3, -0.25) is 0 Å². The summed E-state index contributed by atoms with van der Waals surface area (Å²) in [5.74, 6) is -0.156. The van der Waals surface area contributed by atoms with Gasteiger partial charge in [-0.05, 0) is 44.0 Å². The van der Waals surface area contributed by atoms with Crippen molar-refractivity contribution in [3.8, 4) is 10.4 Å². The van der Waals surface area contributed by atoms with E-state index in [-0.39, 0.29) is 5.82 Å². The number of halogens is 1. The van der Waals surface area contributed by atoms with Crippen molar-refractivity contribution in [2.45, 2.75) is 25.8 Å². The Morgan fingerprint density at radius 3 is 2.85 bits per heavy atom. The average molecular weight is 287 g/mol. The molecule has 1 heterocycles. The summed E-state index contributed by atoms with van der Waals surface area (Å²) >= 11 is 1.63. The monoisotopic (exact) mass is 287 g/mol. The Bertz CT molecular complexity index is 625. The summed E-state index contributed by atoms with van der Waals surface area (Å²) in [5, 5.41) is 3.50. The van der Waals surface area contributed by atoms with Gasteiger partial charge in [0.2, 0.25) is 0 Å². The van der Waals surface area contributed by atoms with Crippen LogP contribution in [0.4, 0.5) is 4.39 Å². The second kappa shape index (κ2) is 5.90. The van der Waals surface area contributed by atoms with Crippen LogP contribution in [0.1, 0.15) is 24.6 Å². The second-order valence-corrected chi connectivity index (χ2v) is 6.44. The molecule has 2 aromatic rings. The predicted molar refractivity (Wildman–Crippen MR) is 84.4 cm³/mol. The van der Waals surface area contributed by atoms with Crippen LogP contribution in [0, 0.1) is 5.82 Å². The molecular weight excluding hydrogens is 269 g/mol. The van der Waals surface area contributed by atoms with Crippen molar-refractivity contribution in [1.29, 1.82) is 0 Å². The molecule has 1 aliphatic rings. The van der Waals surface area contributed by atoms with Crippen LogP contribution in [0.2, 0.25) is 0 Å². The van der Waals surface area contributed by atoms with Crippen molar-refractivity contribution in [3.05, 3.63) is 52.7 Å². The first-order valence-corrected chi connectivity index (χ1v) is 7.79. The summed E-state index contributed by atoms with van der Waals surface area (Å²) in [6.45, 7) is 3.08. The number of nitrogens with one attached hydrogen (secondary N) is 1. The van der Waals surface area contributed by atoms with Gasteiger partial charge in [0.25, 0.3) is 0 Å². The summed E-state index contributed by atoms with van der Waals surface area (Å²) in [5.41, 5.74) is 2.00. The first-order valence-electron chi connectivity index (χ1n) is 6.97. The average Bonchev–Trinajstić information content (AvgIpc) is 3.16. The van der Waals surface area contributed by atoms with Crippen LogP contribution in [0.25, 0.3) is 16.5 Å². The molecule has 0 saturated heterocycles. The summed E-state index contributed by atoms with van der Waals surface area (Å²) in [7, 11) is 0. The van der Waals surface area contributed by atoms with Gasteiger partial charge in [-0.1, -0.05) is 23.8 Å². The molecule has 0 amide bonds. The van der Waals surface area contributed by atoms with Crippen LogP contribution in [0.5, 0.6) is 0 Å².